The summed E-state index contributed by atoms with van der Waals surface area (Å²) in [7, 11) is -2.26. The van der Waals surface area contributed by atoms with Crippen molar-refractivity contribution in [3.05, 3.63) is 54.6 Å². The van der Waals surface area contributed by atoms with Gasteiger partial charge in [0, 0.05) is 0 Å². The minimum absolute atomic E-state index is 0.0207. The quantitative estimate of drug-likeness (QED) is 0.384. The van der Waals surface area contributed by atoms with E-state index in [1.165, 1.54) is 0 Å². The molecule has 1 heterocycles. The normalized spacial score (nSPS) is 17.3. The van der Waals surface area contributed by atoms with Crippen LogP contribution in [0, 0.1) is 11.8 Å². The first kappa shape index (κ1) is 24.1. The van der Waals surface area contributed by atoms with Gasteiger partial charge in [0.25, 0.3) is 0 Å². The van der Waals surface area contributed by atoms with E-state index in [4.69, 9.17) is 9.16 Å². The Kier molecular flexibility index (Phi) is 7.83. The summed E-state index contributed by atoms with van der Waals surface area (Å²) in [4.78, 5) is 26.3. The van der Waals surface area contributed by atoms with E-state index in [1.54, 1.807) is 6.08 Å². The summed E-state index contributed by atoms with van der Waals surface area (Å²) in [5, 5.41) is -0.0207. The highest BCUT2D eigenvalue weighted by atomic mass is 28.4. The molecule has 1 aliphatic rings. The second-order valence-corrected chi connectivity index (χ2v) is 13.6. The van der Waals surface area contributed by atoms with Gasteiger partial charge in [0.05, 0.1) is 18.6 Å². The first-order valence-corrected chi connectivity index (χ1v) is 13.4. The van der Waals surface area contributed by atoms with Crippen molar-refractivity contribution in [1.29, 1.82) is 0 Å². The van der Waals surface area contributed by atoms with Crippen molar-refractivity contribution >= 4 is 26.4 Å². The summed E-state index contributed by atoms with van der Waals surface area (Å²) in [6, 6.07) is 9.88. The van der Waals surface area contributed by atoms with Crippen LogP contribution in [0.3, 0.4) is 0 Å². The van der Waals surface area contributed by atoms with Crippen LogP contribution in [-0.4, -0.2) is 44.5 Å². The van der Waals surface area contributed by atoms with E-state index in [0.29, 0.717) is 5.92 Å². The molecule has 0 aromatic heterocycles. The standard InChI is InChI=1S/C24H35NO4Si/c1-8-20(22(26)25-16-17-28-23(25)27)21(15-14-19-12-10-9-11-13-19)29-30(6,7)24(4,5)18(2)3/h8-15,18,20-21H,1,16-17H2,2-7H3/b15-14+/t20-,21+/m1/s1. The Morgan fingerprint density at radius 3 is 2.40 bits per heavy atom. The van der Waals surface area contributed by atoms with E-state index in [-0.39, 0.29) is 24.1 Å². The van der Waals surface area contributed by atoms with Gasteiger partial charge in [0.2, 0.25) is 5.91 Å². The average Bonchev–Trinajstić information content (AvgIpc) is 3.12. The lowest BCUT2D eigenvalue weighted by atomic mass is 9.99. The molecule has 0 aliphatic carbocycles. The first-order valence-electron chi connectivity index (χ1n) is 10.5. The maximum Gasteiger partial charge on any atom is 0.416 e. The lowest BCUT2D eigenvalue weighted by Crippen LogP contribution is -2.50. The van der Waals surface area contributed by atoms with Gasteiger partial charge in [-0.15, -0.1) is 6.58 Å². The van der Waals surface area contributed by atoms with Gasteiger partial charge in [-0.25, -0.2) is 9.69 Å². The zero-order chi connectivity index (χ0) is 22.5. The number of ether oxygens (including phenoxy) is 1. The zero-order valence-corrected chi connectivity index (χ0v) is 20.1. The largest absolute Gasteiger partial charge is 0.447 e. The van der Waals surface area contributed by atoms with Gasteiger partial charge >= 0.3 is 6.09 Å². The van der Waals surface area contributed by atoms with Crippen LogP contribution in [0.5, 0.6) is 0 Å². The number of hydrogen-bond acceptors (Lipinski definition) is 4. The number of amides is 2. The Balaban J connectivity index is 2.38. The molecule has 2 atom stereocenters. The predicted octanol–water partition coefficient (Wildman–Crippen LogP) is 5.51. The van der Waals surface area contributed by atoms with E-state index < -0.39 is 26.4 Å². The Bertz CT molecular complexity index is 786. The van der Waals surface area contributed by atoms with Crippen molar-refractivity contribution < 1.29 is 18.8 Å². The van der Waals surface area contributed by atoms with Gasteiger partial charge in [-0.3, -0.25) is 4.79 Å². The maximum absolute atomic E-state index is 13.2. The Hall–Kier alpha value is -2.18. The highest BCUT2D eigenvalue weighted by Gasteiger charge is 2.46. The minimum Gasteiger partial charge on any atom is -0.447 e. The molecule has 0 spiro atoms. The number of cyclic esters (lactones) is 1. The molecule has 6 heteroatoms. The molecule has 164 valence electrons. The topological polar surface area (TPSA) is 55.8 Å². The van der Waals surface area contributed by atoms with Crippen LogP contribution in [0.25, 0.3) is 6.08 Å². The molecule has 5 nitrogen and oxygen atoms in total. The van der Waals surface area contributed by atoms with E-state index in [1.807, 2.05) is 42.5 Å². The molecule has 1 fully saturated rings. The highest BCUT2D eigenvalue weighted by molar-refractivity contribution is 6.74. The fraction of sp³-hybridized carbons (Fsp3) is 0.500. The van der Waals surface area contributed by atoms with Crippen molar-refractivity contribution in [2.24, 2.45) is 11.8 Å². The average molecular weight is 430 g/mol. The highest BCUT2D eigenvalue weighted by Crippen LogP contribution is 2.45. The van der Waals surface area contributed by atoms with Crippen LogP contribution in [0.2, 0.25) is 18.1 Å². The third-order valence-electron chi connectivity index (χ3n) is 6.62. The van der Waals surface area contributed by atoms with Gasteiger partial charge in [0.1, 0.15) is 6.61 Å². The number of imide groups is 1. The number of nitrogens with zero attached hydrogens (tertiary/aromatic N) is 1. The summed E-state index contributed by atoms with van der Waals surface area (Å²) in [5.74, 6) is -0.586. The summed E-state index contributed by atoms with van der Waals surface area (Å²) in [6.45, 7) is 17.6. The van der Waals surface area contributed by atoms with Crippen LogP contribution in [0.15, 0.2) is 49.1 Å². The molecule has 1 aliphatic heterocycles. The van der Waals surface area contributed by atoms with Crippen LogP contribution in [0.1, 0.15) is 33.3 Å². The molecule has 0 unspecified atom stereocenters. The minimum atomic E-state index is -2.26. The fourth-order valence-corrected chi connectivity index (χ4v) is 5.94. The smallest absolute Gasteiger partial charge is 0.416 e. The van der Waals surface area contributed by atoms with Crippen molar-refractivity contribution in [2.75, 3.05) is 13.2 Å². The lowest BCUT2D eigenvalue weighted by Gasteiger charge is -2.45. The van der Waals surface area contributed by atoms with Crippen LogP contribution in [-0.2, 0) is 14.0 Å². The molecule has 0 N–H and O–H groups in total. The van der Waals surface area contributed by atoms with Crippen molar-refractivity contribution in [3.8, 4) is 0 Å². The van der Waals surface area contributed by atoms with Gasteiger partial charge < -0.3 is 9.16 Å². The monoisotopic (exact) mass is 429 g/mol. The van der Waals surface area contributed by atoms with Gasteiger partial charge in [0.15, 0.2) is 8.32 Å². The SMILES string of the molecule is C=C[C@@H](C(=O)N1CCOC1=O)[C@H](/C=C/c1ccccc1)O[Si](C)(C)C(C)(C)C(C)C. The molecule has 1 saturated heterocycles. The number of rotatable bonds is 9. The third-order valence-corrected chi connectivity index (χ3v) is 11.2. The van der Waals surface area contributed by atoms with Crippen molar-refractivity contribution in [3.63, 3.8) is 0 Å². The molecule has 0 bridgehead atoms. The van der Waals surface area contributed by atoms with Crippen molar-refractivity contribution in [2.45, 2.75) is 51.9 Å². The summed E-state index contributed by atoms with van der Waals surface area (Å²) in [5.41, 5.74) is 1.02. The molecule has 1 aromatic rings. The van der Waals surface area contributed by atoms with Crippen molar-refractivity contribution in [1.82, 2.24) is 4.90 Å². The maximum atomic E-state index is 13.2. The fourth-order valence-electron chi connectivity index (χ4n) is 3.34. The van der Waals surface area contributed by atoms with Crippen LogP contribution < -0.4 is 0 Å². The second kappa shape index (κ2) is 9.75. The molecule has 0 radical (unpaired) electrons. The van der Waals surface area contributed by atoms with E-state index >= 15 is 0 Å². The Morgan fingerprint density at radius 1 is 1.27 bits per heavy atom. The zero-order valence-electron chi connectivity index (χ0n) is 19.1. The van der Waals surface area contributed by atoms with E-state index in [2.05, 4.69) is 47.4 Å². The van der Waals surface area contributed by atoms with Gasteiger partial charge in [-0.1, -0.05) is 76.3 Å². The lowest BCUT2D eigenvalue weighted by molar-refractivity contribution is -0.132. The molecule has 30 heavy (non-hydrogen) atoms. The third kappa shape index (κ3) is 5.29. The molecule has 2 amide bonds. The van der Waals surface area contributed by atoms with Gasteiger partial charge in [-0.05, 0) is 29.6 Å². The summed E-state index contributed by atoms with van der Waals surface area (Å²) >= 11 is 0. The predicted molar refractivity (Wildman–Crippen MR) is 123 cm³/mol. The molecule has 2 rings (SSSR count). The summed E-state index contributed by atoms with van der Waals surface area (Å²) in [6.07, 6.45) is 4.34. The number of hydrogen-bond donors (Lipinski definition) is 0. The van der Waals surface area contributed by atoms with Gasteiger partial charge in [-0.2, -0.15) is 0 Å². The Labute approximate surface area is 181 Å². The van der Waals surface area contributed by atoms with Crippen LogP contribution in [0.4, 0.5) is 4.79 Å². The molecular formula is C24H35NO4Si. The number of carbonyl (C=O) groups is 2. The second-order valence-electron chi connectivity index (χ2n) is 9.10. The number of carbonyl (C=O) groups excluding carboxylic acids is 2. The molecule has 0 saturated carbocycles. The first-order chi connectivity index (χ1) is 14.0. The summed E-state index contributed by atoms with van der Waals surface area (Å²) < 4.78 is 11.7. The van der Waals surface area contributed by atoms with E-state index in [9.17, 15) is 9.59 Å². The molecular weight excluding hydrogens is 394 g/mol. The van der Waals surface area contributed by atoms with E-state index in [0.717, 1.165) is 10.5 Å². The Morgan fingerprint density at radius 2 is 1.90 bits per heavy atom. The number of benzene rings is 1. The van der Waals surface area contributed by atoms with Crippen LogP contribution >= 0.6 is 0 Å². The molecule has 1 aromatic carbocycles.